The molecular formula is C23H36N4O6. The summed E-state index contributed by atoms with van der Waals surface area (Å²) in [6, 6.07) is 3.25. The quantitative estimate of drug-likeness (QED) is 0.219. The predicted octanol–water partition coefficient (Wildman–Crippen LogP) is -0.248. The molecule has 7 N–H and O–H groups in total. The zero-order valence-electron chi connectivity index (χ0n) is 19.6. The highest BCUT2D eigenvalue weighted by molar-refractivity contribution is 5.89. The van der Waals surface area contributed by atoms with E-state index in [1.807, 2.05) is 13.8 Å². The van der Waals surface area contributed by atoms with E-state index in [0.29, 0.717) is 6.29 Å². The average molecular weight is 465 g/mol. The van der Waals surface area contributed by atoms with Crippen LogP contribution in [0.5, 0.6) is 5.75 Å². The third kappa shape index (κ3) is 10.0. The van der Waals surface area contributed by atoms with E-state index in [-0.39, 0.29) is 36.8 Å². The lowest BCUT2D eigenvalue weighted by Gasteiger charge is -2.26. The summed E-state index contributed by atoms with van der Waals surface area (Å²) in [6.45, 7) is 6.61. The van der Waals surface area contributed by atoms with Crippen molar-refractivity contribution >= 4 is 24.0 Å². The fourth-order valence-electron chi connectivity index (χ4n) is 2.98. The van der Waals surface area contributed by atoms with E-state index in [9.17, 15) is 29.4 Å². The standard InChI is InChI=1S/C23H36N4O6/c1-13(2)19(12-28)26-21(31)10-9-20(30)18(11-16-5-7-17(29)8-6-16)27-23(33)15(4)25-22(32)14(3)24/h5-8,12-15,18-20,29-30H,9-11,24H2,1-4H3,(H,25,32)(H,26,31)(H,27,33)/t14?,15?,18-,19?,20-/m0/s1. The number of hydrogen-bond donors (Lipinski definition) is 6. The first-order chi connectivity index (χ1) is 15.4. The zero-order valence-corrected chi connectivity index (χ0v) is 19.6. The Kier molecular flexibility index (Phi) is 11.5. The summed E-state index contributed by atoms with van der Waals surface area (Å²) in [4.78, 5) is 47.7. The predicted molar refractivity (Wildman–Crippen MR) is 123 cm³/mol. The first-order valence-corrected chi connectivity index (χ1v) is 11.0. The molecule has 1 aromatic rings. The van der Waals surface area contributed by atoms with Gasteiger partial charge in [-0.05, 0) is 50.3 Å². The van der Waals surface area contributed by atoms with Crippen molar-refractivity contribution < 1.29 is 29.4 Å². The number of aliphatic hydroxyl groups excluding tert-OH is 1. The summed E-state index contributed by atoms with van der Waals surface area (Å²) >= 11 is 0. The molecule has 0 spiro atoms. The Hall–Kier alpha value is -2.98. The minimum absolute atomic E-state index is 0.0408. The number of aldehydes is 1. The van der Waals surface area contributed by atoms with Crippen LogP contribution in [-0.4, -0.2) is 64.5 Å². The Balaban J connectivity index is 2.84. The van der Waals surface area contributed by atoms with E-state index in [2.05, 4.69) is 16.0 Å². The zero-order chi connectivity index (χ0) is 25.1. The van der Waals surface area contributed by atoms with Gasteiger partial charge in [0, 0.05) is 6.42 Å². The van der Waals surface area contributed by atoms with Crippen LogP contribution in [0.25, 0.3) is 0 Å². The number of nitrogens with one attached hydrogen (secondary N) is 3. The van der Waals surface area contributed by atoms with Crippen LogP contribution in [0, 0.1) is 5.92 Å². The molecule has 10 heteroatoms. The van der Waals surface area contributed by atoms with Crippen molar-refractivity contribution in [2.24, 2.45) is 11.7 Å². The Morgan fingerprint density at radius 2 is 1.61 bits per heavy atom. The van der Waals surface area contributed by atoms with Gasteiger partial charge in [-0.15, -0.1) is 0 Å². The summed E-state index contributed by atoms with van der Waals surface area (Å²) < 4.78 is 0. The molecule has 0 radical (unpaired) electrons. The molecule has 0 aromatic heterocycles. The van der Waals surface area contributed by atoms with Crippen molar-refractivity contribution in [3.05, 3.63) is 29.8 Å². The molecule has 0 aliphatic rings. The molecule has 5 atom stereocenters. The van der Waals surface area contributed by atoms with Gasteiger partial charge in [0.2, 0.25) is 17.7 Å². The van der Waals surface area contributed by atoms with Crippen molar-refractivity contribution in [1.29, 1.82) is 0 Å². The number of phenolic OH excluding ortho intramolecular Hbond substituents is 1. The number of hydrogen-bond acceptors (Lipinski definition) is 7. The summed E-state index contributed by atoms with van der Waals surface area (Å²) in [5.74, 6) is -1.37. The van der Waals surface area contributed by atoms with Crippen LogP contribution in [0.4, 0.5) is 0 Å². The Morgan fingerprint density at radius 1 is 1.00 bits per heavy atom. The van der Waals surface area contributed by atoms with Crippen molar-refractivity contribution in [2.45, 2.75) is 77.2 Å². The summed E-state index contributed by atoms with van der Waals surface area (Å²) in [7, 11) is 0. The maximum Gasteiger partial charge on any atom is 0.242 e. The second kappa shape index (κ2) is 13.5. The summed E-state index contributed by atoms with van der Waals surface area (Å²) in [6.07, 6.45) is -0.189. The van der Waals surface area contributed by atoms with Gasteiger partial charge in [0.15, 0.2) is 0 Å². The molecule has 10 nitrogen and oxygen atoms in total. The van der Waals surface area contributed by atoms with Gasteiger partial charge in [0.05, 0.1) is 24.2 Å². The number of amides is 3. The van der Waals surface area contributed by atoms with Gasteiger partial charge >= 0.3 is 0 Å². The van der Waals surface area contributed by atoms with Crippen LogP contribution >= 0.6 is 0 Å². The van der Waals surface area contributed by atoms with Crippen molar-refractivity contribution in [3.8, 4) is 5.75 Å². The minimum Gasteiger partial charge on any atom is -0.508 e. The highest BCUT2D eigenvalue weighted by Crippen LogP contribution is 2.15. The van der Waals surface area contributed by atoms with E-state index in [1.165, 1.54) is 26.0 Å². The summed E-state index contributed by atoms with van der Waals surface area (Å²) in [5, 5.41) is 28.1. The molecule has 3 unspecified atom stereocenters. The van der Waals surface area contributed by atoms with Crippen molar-refractivity contribution in [3.63, 3.8) is 0 Å². The second-order valence-electron chi connectivity index (χ2n) is 8.58. The van der Waals surface area contributed by atoms with E-state index in [1.54, 1.807) is 12.1 Å². The largest absolute Gasteiger partial charge is 0.508 e. The lowest BCUT2D eigenvalue weighted by Crippen LogP contribution is -2.54. The molecule has 0 bridgehead atoms. The van der Waals surface area contributed by atoms with Crippen molar-refractivity contribution in [1.82, 2.24) is 16.0 Å². The van der Waals surface area contributed by atoms with Gasteiger partial charge in [0.1, 0.15) is 18.1 Å². The molecule has 0 aliphatic heterocycles. The van der Waals surface area contributed by atoms with Crippen molar-refractivity contribution in [2.75, 3.05) is 0 Å². The van der Waals surface area contributed by atoms with Crippen LogP contribution in [0.2, 0.25) is 0 Å². The number of phenols is 1. The maximum atomic E-state index is 12.6. The molecule has 0 heterocycles. The monoisotopic (exact) mass is 464 g/mol. The topological polar surface area (TPSA) is 171 Å². The van der Waals surface area contributed by atoms with E-state index < -0.39 is 42.1 Å². The number of aliphatic hydroxyl groups is 1. The molecule has 0 saturated carbocycles. The second-order valence-corrected chi connectivity index (χ2v) is 8.58. The molecule has 0 saturated heterocycles. The smallest absolute Gasteiger partial charge is 0.242 e. The van der Waals surface area contributed by atoms with E-state index >= 15 is 0 Å². The maximum absolute atomic E-state index is 12.6. The first kappa shape index (κ1) is 28.1. The molecule has 1 rings (SSSR count). The number of nitrogens with two attached hydrogens (primary N) is 1. The normalized spacial score (nSPS) is 15.6. The number of aromatic hydroxyl groups is 1. The molecule has 184 valence electrons. The van der Waals surface area contributed by atoms with Crippen LogP contribution in [-0.2, 0) is 25.6 Å². The molecule has 1 aromatic carbocycles. The number of carbonyl (C=O) groups is 4. The van der Waals surface area contributed by atoms with Gasteiger partial charge in [0.25, 0.3) is 0 Å². The van der Waals surface area contributed by atoms with Gasteiger partial charge in [-0.3, -0.25) is 14.4 Å². The molecule has 0 aliphatic carbocycles. The lowest BCUT2D eigenvalue weighted by atomic mass is 9.97. The molecule has 0 fully saturated rings. The highest BCUT2D eigenvalue weighted by atomic mass is 16.3. The van der Waals surface area contributed by atoms with Gasteiger partial charge in [-0.25, -0.2) is 0 Å². The minimum atomic E-state index is -1.08. The van der Waals surface area contributed by atoms with E-state index in [0.717, 1.165) is 5.56 Å². The Bertz CT molecular complexity index is 797. The SMILES string of the molecule is CC(N)C(=O)NC(C)C(=O)N[C@@H](Cc1ccc(O)cc1)[C@@H](O)CCC(=O)NC(C=O)C(C)C. The van der Waals surface area contributed by atoms with Crippen LogP contribution < -0.4 is 21.7 Å². The average Bonchev–Trinajstić information content (AvgIpc) is 2.76. The van der Waals surface area contributed by atoms with Gasteiger partial charge in [-0.1, -0.05) is 26.0 Å². The third-order valence-corrected chi connectivity index (χ3v) is 5.21. The highest BCUT2D eigenvalue weighted by Gasteiger charge is 2.26. The van der Waals surface area contributed by atoms with E-state index in [4.69, 9.17) is 5.73 Å². The van der Waals surface area contributed by atoms with Crippen LogP contribution in [0.3, 0.4) is 0 Å². The number of benzene rings is 1. The first-order valence-electron chi connectivity index (χ1n) is 11.0. The van der Waals surface area contributed by atoms with Crippen LogP contribution in [0.15, 0.2) is 24.3 Å². The third-order valence-electron chi connectivity index (χ3n) is 5.21. The van der Waals surface area contributed by atoms with Crippen LogP contribution in [0.1, 0.15) is 46.1 Å². The molecule has 33 heavy (non-hydrogen) atoms. The number of carbonyl (C=O) groups excluding carboxylic acids is 4. The fraction of sp³-hybridized carbons (Fsp3) is 0.565. The Labute approximate surface area is 194 Å². The summed E-state index contributed by atoms with van der Waals surface area (Å²) in [5.41, 5.74) is 6.26. The Morgan fingerprint density at radius 3 is 2.12 bits per heavy atom. The lowest BCUT2D eigenvalue weighted by molar-refractivity contribution is -0.130. The van der Waals surface area contributed by atoms with Gasteiger partial charge < -0.3 is 36.7 Å². The fourth-order valence-corrected chi connectivity index (χ4v) is 2.98. The van der Waals surface area contributed by atoms with Gasteiger partial charge in [-0.2, -0.15) is 0 Å². The number of rotatable bonds is 13. The molecular weight excluding hydrogens is 428 g/mol. The molecule has 3 amide bonds.